The van der Waals surface area contributed by atoms with Gasteiger partial charge in [-0.3, -0.25) is 42.9 Å². The van der Waals surface area contributed by atoms with E-state index in [-0.39, 0.29) is 88.4 Å². The van der Waals surface area contributed by atoms with E-state index in [9.17, 15) is 43.1 Å². The smallest absolute Gasteiger partial charge is 0.305 e. The number of hydrogen-bond acceptors (Lipinski definition) is 16. The second-order valence-electron chi connectivity index (χ2n) is 16.9. The lowest BCUT2D eigenvalue weighted by Gasteiger charge is -2.24. The van der Waals surface area contributed by atoms with Gasteiger partial charge in [-0.15, -0.1) is 10.2 Å². The maximum atomic E-state index is 14.1. The maximum absolute atomic E-state index is 14.1. The number of guanidine groups is 1. The van der Waals surface area contributed by atoms with Crippen molar-refractivity contribution < 1.29 is 62.0 Å². The van der Waals surface area contributed by atoms with Crippen molar-refractivity contribution >= 4 is 47.4 Å². The van der Waals surface area contributed by atoms with E-state index in [0.717, 1.165) is 5.56 Å². The summed E-state index contributed by atoms with van der Waals surface area (Å²) in [7, 11) is 0. The lowest BCUT2D eigenvalue weighted by Crippen LogP contribution is -2.53. The quantitative estimate of drug-likeness (QED) is 0.0179. The summed E-state index contributed by atoms with van der Waals surface area (Å²) >= 11 is 0. The summed E-state index contributed by atoms with van der Waals surface area (Å²) in [4.78, 5) is 94.6. The van der Waals surface area contributed by atoms with Crippen molar-refractivity contribution in [3.05, 3.63) is 59.7 Å². The number of ether oxygens (including phenoxy) is 4. The second-order valence-corrected chi connectivity index (χ2v) is 16.9. The third kappa shape index (κ3) is 24.0. The molecule has 0 aliphatic carbocycles. The topological polar surface area (TPSA) is 375 Å². The molecule has 408 valence electrons. The Morgan fingerprint density at radius 2 is 1.43 bits per heavy atom. The summed E-state index contributed by atoms with van der Waals surface area (Å²) in [6.45, 7) is 2.07. The van der Waals surface area contributed by atoms with Gasteiger partial charge in [0.05, 0.1) is 90.4 Å². The molecule has 27 nitrogen and oxygen atoms in total. The van der Waals surface area contributed by atoms with Crippen LogP contribution in [0.5, 0.6) is 0 Å². The Morgan fingerprint density at radius 3 is 2.14 bits per heavy atom. The van der Waals surface area contributed by atoms with Gasteiger partial charge in [0.2, 0.25) is 35.4 Å². The van der Waals surface area contributed by atoms with Crippen LogP contribution in [0.2, 0.25) is 0 Å². The van der Waals surface area contributed by atoms with Crippen LogP contribution in [0.1, 0.15) is 80.4 Å². The standard InChI is InChI=1S/C46H70FN15O12/c47-14-6-10-33-29-61(59-57-33)31-41(65)51-17-19-72-21-23-74-25-24-73-22-20-71-18-13-39(63)50-15-5-4-12-38-45(70)55-34(11-7-16-52-46(48)49)43(68)53-28-40(64)54-36(27-42(66)67)44(69)56-35(37-30-62(38)60-58-37)26-32-8-2-1-3-9-32/h1-3,8-9,29-30,34-36,38H,4-7,10-28,31H2,(H,50,63)(H,51,65)(H,53,68)(H,54,64)(H,55,70)(H,56,69)(H,66,67)(H4,48,49,52)/t34-,35-,36-,38-/m0/s1. The van der Waals surface area contributed by atoms with E-state index >= 15 is 0 Å². The molecule has 0 saturated heterocycles. The first kappa shape index (κ1) is 59.4. The monoisotopic (exact) mass is 1040 g/mol. The Balaban J connectivity index is 1.19. The first-order valence-electron chi connectivity index (χ1n) is 24.5. The zero-order valence-electron chi connectivity index (χ0n) is 41.4. The minimum Gasteiger partial charge on any atom is -0.481 e. The summed E-state index contributed by atoms with van der Waals surface area (Å²) < 4.78 is 37.0. The molecular weight excluding hydrogens is 974 g/mol. The molecule has 1 aromatic carbocycles. The number of aryl methyl sites for hydroxylation is 1. The summed E-state index contributed by atoms with van der Waals surface area (Å²) in [6.07, 6.45) is 4.90. The minimum atomic E-state index is -1.51. The van der Waals surface area contributed by atoms with E-state index in [2.05, 4.69) is 57.5 Å². The lowest BCUT2D eigenvalue weighted by molar-refractivity contribution is -0.141. The molecule has 0 spiro atoms. The molecule has 4 atom stereocenters. The number of halogens is 1. The van der Waals surface area contributed by atoms with Gasteiger partial charge < -0.3 is 67.4 Å². The Labute approximate surface area is 427 Å². The highest BCUT2D eigenvalue weighted by molar-refractivity contribution is 5.94. The number of nitrogens with two attached hydrogens (primary N) is 2. The Morgan fingerprint density at radius 1 is 0.743 bits per heavy atom. The third-order valence-corrected chi connectivity index (χ3v) is 11.0. The van der Waals surface area contributed by atoms with Gasteiger partial charge in [-0.1, -0.05) is 40.8 Å². The van der Waals surface area contributed by atoms with Crippen LogP contribution in [0.3, 0.4) is 0 Å². The van der Waals surface area contributed by atoms with Crippen LogP contribution in [0.15, 0.2) is 47.7 Å². The number of aliphatic carboxylic acids is 1. The number of aliphatic imine (C=N–C) groups is 1. The van der Waals surface area contributed by atoms with Crippen molar-refractivity contribution in [2.24, 2.45) is 16.5 Å². The number of nitrogens with one attached hydrogen (secondary N) is 6. The van der Waals surface area contributed by atoms with E-state index in [1.165, 1.54) is 15.6 Å². The molecule has 3 heterocycles. The summed E-state index contributed by atoms with van der Waals surface area (Å²) in [5, 5.41) is 41.9. The van der Waals surface area contributed by atoms with E-state index in [1.54, 1.807) is 6.20 Å². The number of carbonyl (C=O) groups excluding carboxylic acids is 6. The zero-order chi connectivity index (χ0) is 53.3. The number of fused-ring (bicyclic) bond motifs is 2. The van der Waals surface area contributed by atoms with Gasteiger partial charge >= 0.3 is 5.97 Å². The summed E-state index contributed by atoms with van der Waals surface area (Å²) in [5.74, 6) is -4.96. The van der Waals surface area contributed by atoms with E-state index in [1.807, 2.05) is 30.3 Å². The normalized spacial score (nSPS) is 17.4. The number of unbranched alkanes of at least 4 members (excludes halogenated alkanes) is 1. The molecule has 0 fully saturated rings. The average molecular weight is 1040 g/mol. The molecule has 6 amide bonds. The number of carboxylic acids is 1. The van der Waals surface area contributed by atoms with Gasteiger partial charge in [-0.05, 0) is 56.9 Å². The Hall–Kier alpha value is -7.17. The van der Waals surface area contributed by atoms with Crippen molar-refractivity contribution in [3.63, 3.8) is 0 Å². The summed E-state index contributed by atoms with van der Waals surface area (Å²) in [5.41, 5.74) is 12.6. The Kier molecular flexibility index (Phi) is 27.5. The number of amides is 6. The third-order valence-electron chi connectivity index (χ3n) is 11.0. The zero-order valence-corrected chi connectivity index (χ0v) is 41.4. The summed E-state index contributed by atoms with van der Waals surface area (Å²) in [6, 6.07) is 4.53. The Bertz CT molecular complexity index is 2230. The fraction of sp³-hybridized carbons (Fsp3) is 0.609. The second kappa shape index (κ2) is 34.3. The predicted molar refractivity (Wildman–Crippen MR) is 261 cm³/mol. The molecule has 1 aliphatic rings. The number of hydrogen-bond donors (Lipinski definition) is 9. The number of rotatable bonds is 33. The number of nitrogens with zero attached hydrogens (tertiary/aromatic N) is 7. The number of carboxylic acid groups (broad SMARTS) is 1. The predicted octanol–water partition coefficient (Wildman–Crippen LogP) is -2.10. The molecule has 2 aromatic heterocycles. The van der Waals surface area contributed by atoms with Gasteiger partial charge in [0.25, 0.3) is 0 Å². The fourth-order valence-corrected chi connectivity index (χ4v) is 7.25. The number of alkyl halides is 1. The van der Waals surface area contributed by atoms with E-state index in [0.29, 0.717) is 77.6 Å². The highest BCUT2D eigenvalue weighted by atomic mass is 19.1. The highest BCUT2D eigenvalue weighted by Gasteiger charge is 2.32. The van der Waals surface area contributed by atoms with Crippen LogP contribution in [0.25, 0.3) is 0 Å². The van der Waals surface area contributed by atoms with Crippen LogP contribution in [0, 0.1) is 0 Å². The molecule has 0 radical (unpaired) electrons. The number of aromatic nitrogens is 6. The van der Waals surface area contributed by atoms with Crippen LogP contribution >= 0.6 is 0 Å². The molecule has 2 bridgehead atoms. The van der Waals surface area contributed by atoms with E-state index in [4.69, 9.17) is 30.4 Å². The first-order chi connectivity index (χ1) is 35.8. The van der Waals surface area contributed by atoms with Crippen molar-refractivity contribution in [1.29, 1.82) is 0 Å². The lowest BCUT2D eigenvalue weighted by atomic mass is 10.0. The SMILES string of the molecule is NC(N)=NCCC[C@@H]1NC(=O)[C@H](CCCCNC(=O)CCOCCOCCOCCOCCNC(=O)Cn2cc(CCCF)nn2)n2cc(nn2)[C@H](Cc2ccccc2)NC(=O)[C@H](CC(=O)O)NC(=O)CNC1=O. The number of benzene rings is 1. The molecule has 74 heavy (non-hydrogen) atoms. The molecule has 0 saturated carbocycles. The van der Waals surface area contributed by atoms with Crippen molar-refractivity contribution in [2.75, 3.05) is 85.7 Å². The van der Waals surface area contributed by atoms with Crippen LogP contribution in [-0.4, -0.2) is 180 Å². The molecule has 1 aliphatic heterocycles. The van der Waals surface area contributed by atoms with Crippen LogP contribution < -0.4 is 43.4 Å². The average Bonchev–Trinajstić information content (AvgIpc) is 4.05. The van der Waals surface area contributed by atoms with E-state index < -0.39 is 73.4 Å². The van der Waals surface area contributed by atoms with Gasteiger partial charge in [0, 0.05) is 32.3 Å². The van der Waals surface area contributed by atoms with Crippen molar-refractivity contribution in [3.8, 4) is 0 Å². The molecule has 28 heteroatoms. The van der Waals surface area contributed by atoms with Crippen molar-refractivity contribution in [1.82, 2.24) is 61.9 Å². The first-order valence-corrected chi connectivity index (χ1v) is 24.5. The largest absolute Gasteiger partial charge is 0.481 e. The fourth-order valence-electron chi connectivity index (χ4n) is 7.25. The number of carbonyl (C=O) groups is 7. The van der Waals surface area contributed by atoms with Gasteiger partial charge in [-0.2, -0.15) is 0 Å². The van der Waals surface area contributed by atoms with Crippen molar-refractivity contribution in [2.45, 2.75) is 94.9 Å². The van der Waals surface area contributed by atoms with Crippen LogP contribution in [0.4, 0.5) is 4.39 Å². The van der Waals surface area contributed by atoms with Gasteiger partial charge in [0.1, 0.15) is 30.4 Å². The minimum absolute atomic E-state index is 0.00725. The molecule has 4 rings (SSSR count). The van der Waals surface area contributed by atoms with Gasteiger partial charge in [0.15, 0.2) is 5.96 Å². The maximum Gasteiger partial charge on any atom is 0.305 e. The van der Waals surface area contributed by atoms with Crippen LogP contribution in [-0.2, 0) is 71.9 Å². The van der Waals surface area contributed by atoms with Gasteiger partial charge in [-0.25, -0.2) is 9.36 Å². The highest BCUT2D eigenvalue weighted by Crippen LogP contribution is 2.21. The molecule has 3 aromatic rings. The molecular formula is C46H70FN15O12. The molecule has 0 unspecified atom stereocenters. The molecule has 11 N–H and O–H groups in total.